The van der Waals surface area contributed by atoms with E-state index in [1.807, 2.05) is 6.20 Å². The fourth-order valence-electron chi connectivity index (χ4n) is 2.60. The molecule has 0 amide bonds. The number of nitrogens with one attached hydrogen (secondary N) is 1. The van der Waals surface area contributed by atoms with E-state index in [0.717, 1.165) is 11.3 Å². The van der Waals surface area contributed by atoms with Crippen molar-refractivity contribution in [3.8, 4) is 11.3 Å². The lowest BCUT2D eigenvalue weighted by Gasteiger charge is -2.16. The van der Waals surface area contributed by atoms with Crippen molar-refractivity contribution in [3.05, 3.63) is 41.1 Å². The van der Waals surface area contributed by atoms with Gasteiger partial charge in [0.2, 0.25) is 0 Å². The van der Waals surface area contributed by atoms with Crippen molar-refractivity contribution in [1.82, 2.24) is 10.2 Å². The molecule has 2 aromatic rings. The minimum Gasteiger partial charge on any atom is -0.326 e. The Morgan fingerprint density at radius 3 is 2.82 bits per heavy atom. The Balaban J connectivity index is 2.04. The Kier molecular flexibility index (Phi) is 2.69. The Bertz CT molecular complexity index is 528. The average molecular weight is 227 g/mol. The quantitative estimate of drug-likeness (QED) is 0.827. The number of aromatic nitrogens is 2. The molecule has 0 unspecified atom stereocenters. The third-order valence-electron chi connectivity index (χ3n) is 3.57. The number of aryl methyl sites for hydroxylation is 2. The summed E-state index contributed by atoms with van der Waals surface area (Å²) in [7, 11) is 0. The van der Waals surface area contributed by atoms with E-state index < -0.39 is 0 Å². The summed E-state index contributed by atoms with van der Waals surface area (Å²) in [5.74, 6) is 0. The first-order valence-electron chi connectivity index (χ1n) is 6.23. The van der Waals surface area contributed by atoms with E-state index >= 15 is 0 Å². The highest BCUT2D eigenvalue weighted by molar-refractivity contribution is 5.64. The number of hydrogen-bond acceptors (Lipinski definition) is 2. The molecule has 1 heterocycles. The van der Waals surface area contributed by atoms with Crippen LogP contribution >= 0.6 is 0 Å². The molecule has 3 N–H and O–H groups in total. The molecule has 0 radical (unpaired) electrons. The van der Waals surface area contributed by atoms with Crippen LogP contribution in [-0.4, -0.2) is 10.2 Å². The van der Waals surface area contributed by atoms with Crippen LogP contribution in [0.15, 0.2) is 24.4 Å². The molecule has 3 nitrogen and oxygen atoms in total. The van der Waals surface area contributed by atoms with E-state index in [4.69, 9.17) is 5.73 Å². The summed E-state index contributed by atoms with van der Waals surface area (Å²) >= 11 is 0. The van der Waals surface area contributed by atoms with Crippen molar-refractivity contribution >= 4 is 0 Å². The normalized spacial score (nSPS) is 14.6. The van der Waals surface area contributed by atoms with Crippen molar-refractivity contribution in [2.45, 2.75) is 32.2 Å². The van der Waals surface area contributed by atoms with Crippen molar-refractivity contribution in [2.24, 2.45) is 5.73 Å². The van der Waals surface area contributed by atoms with E-state index in [0.29, 0.717) is 6.54 Å². The van der Waals surface area contributed by atoms with Crippen LogP contribution in [0.3, 0.4) is 0 Å². The average Bonchev–Trinajstić information content (AvgIpc) is 2.86. The summed E-state index contributed by atoms with van der Waals surface area (Å²) in [4.78, 5) is 0. The molecule has 0 spiro atoms. The molecule has 0 aliphatic heterocycles. The van der Waals surface area contributed by atoms with Gasteiger partial charge in [0.05, 0.1) is 11.9 Å². The Morgan fingerprint density at radius 1 is 1.18 bits per heavy atom. The summed E-state index contributed by atoms with van der Waals surface area (Å²) in [6.45, 7) is 0.531. The topological polar surface area (TPSA) is 54.7 Å². The Labute approximate surface area is 101 Å². The van der Waals surface area contributed by atoms with Gasteiger partial charge in [0.1, 0.15) is 0 Å². The number of rotatable bonds is 2. The summed E-state index contributed by atoms with van der Waals surface area (Å²) in [5.41, 5.74) is 12.1. The number of benzene rings is 1. The molecule has 0 atom stereocenters. The molecule has 3 rings (SSSR count). The van der Waals surface area contributed by atoms with E-state index in [9.17, 15) is 0 Å². The molecule has 17 heavy (non-hydrogen) atoms. The Hall–Kier alpha value is -1.61. The van der Waals surface area contributed by atoms with Crippen LogP contribution in [0.2, 0.25) is 0 Å². The van der Waals surface area contributed by atoms with Gasteiger partial charge in [-0.1, -0.05) is 12.1 Å². The van der Waals surface area contributed by atoms with Gasteiger partial charge in [-0.3, -0.25) is 5.10 Å². The largest absolute Gasteiger partial charge is 0.326 e. The van der Waals surface area contributed by atoms with Gasteiger partial charge in [-0.25, -0.2) is 0 Å². The summed E-state index contributed by atoms with van der Waals surface area (Å²) in [6, 6.07) is 6.73. The minimum atomic E-state index is 0.531. The highest BCUT2D eigenvalue weighted by Gasteiger charge is 2.12. The second-order valence-electron chi connectivity index (χ2n) is 4.66. The fourth-order valence-corrected chi connectivity index (χ4v) is 2.60. The van der Waals surface area contributed by atoms with E-state index in [1.165, 1.54) is 42.4 Å². The first-order chi connectivity index (χ1) is 8.38. The smallest absolute Gasteiger partial charge is 0.0695 e. The lowest BCUT2D eigenvalue weighted by atomic mass is 9.89. The number of nitrogens with zero attached hydrogens (tertiary/aromatic N) is 1. The molecule has 0 bridgehead atoms. The third-order valence-corrected chi connectivity index (χ3v) is 3.57. The van der Waals surface area contributed by atoms with Gasteiger partial charge in [-0.05, 0) is 42.9 Å². The van der Waals surface area contributed by atoms with Crippen LogP contribution in [0.5, 0.6) is 0 Å². The molecule has 1 aromatic heterocycles. The van der Waals surface area contributed by atoms with Crippen LogP contribution in [0.4, 0.5) is 0 Å². The van der Waals surface area contributed by atoms with Gasteiger partial charge in [0.15, 0.2) is 0 Å². The van der Waals surface area contributed by atoms with Gasteiger partial charge in [0, 0.05) is 17.7 Å². The van der Waals surface area contributed by atoms with E-state index in [-0.39, 0.29) is 0 Å². The van der Waals surface area contributed by atoms with Crippen molar-refractivity contribution < 1.29 is 0 Å². The molecule has 0 saturated carbocycles. The fraction of sp³-hybridized carbons (Fsp3) is 0.357. The highest BCUT2D eigenvalue weighted by atomic mass is 15.1. The molecule has 0 saturated heterocycles. The second-order valence-corrected chi connectivity index (χ2v) is 4.66. The predicted octanol–water partition coefficient (Wildman–Crippen LogP) is 2.41. The number of fused-ring (bicyclic) bond motifs is 1. The standard InChI is InChI=1S/C14H17N3/c15-8-13-9-16-17-14(13)12-6-5-10-3-1-2-4-11(10)7-12/h5-7,9H,1-4,8,15H2,(H,16,17). The zero-order chi connectivity index (χ0) is 11.7. The van der Waals surface area contributed by atoms with Crippen LogP contribution < -0.4 is 5.73 Å². The number of nitrogens with two attached hydrogens (primary N) is 1. The number of hydrogen-bond donors (Lipinski definition) is 2. The zero-order valence-electron chi connectivity index (χ0n) is 9.87. The SMILES string of the molecule is NCc1cn[nH]c1-c1ccc2c(c1)CCCC2. The zero-order valence-corrected chi connectivity index (χ0v) is 9.87. The van der Waals surface area contributed by atoms with Crippen LogP contribution in [-0.2, 0) is 19.4 Å². The summed E-state index contributed by atoms with van der Waals surface area (Å²) in [5, 5.41) is 7.13. The number of aromatic amines is 1. The van der Waals surface area contributed by atoms with Gasteiger partial charge < -0.3 is 5.73 Å². The van der Waals surface area contributed by atoms with E-state index in [1.54, 1.807) is 0 Å². The summed E-state index contributed by atoms with van der Waals surface area (Å²) < 4.78 is 0. The lowest BCUT2D eigenvalue weighted by molar-refractivity contribution is 0.686. The molecule has 3 heteroatoms. The van der Waals surface area contributed by atoms with Crippen LogP contribution in [0.1, 0.15) is 29.5 Å². The monoisotopic (exact) mass is 227 g/mol. The maximum absolute atomic E-state index is 5.71. The molecule has 1 aliphatic carbocycles. The first-order valence-corrected chi connectivity index (χ1v) is 6.23. The molecular formula is C14H17N3. The van der Waals surface area contributed by atoms with Gasteiger partial charge >= 0.3 is 0 Å². The van der Waals surface area contributed by atoms with E-state index in [2.05, 4.69) is 28.4 Å². The molecule has 0 fully saturated rings. The van der Waals surface area contributed by atoms with Crippen LogP contribution in [0.25, 0.3) is 11.3 Å². The maximum atomic E-state index is 5.71. The number of H-pyrrole nitrogens is 1. The third kappa shape index (κ3) is 1.87. The predicted molar refractivity (Wildman–Crippen MR) is 68.6 cm³/mol. The molecule has 88 valence electrons. The van der Waals surface area contributed by atoms with Crippen molar-refractivity contribution in [3.63, 3.8) is 0 Å². The molecule has 1 aromatic carbocycles. The van der Waals surface area contributed by atoms with Gasteiger partial charge in [-0.2, -0.15) is 5.10 Å². The minimum absolute atomic E-state index is 0.531. The Morgan fingerprint density at radius 2 is 2.00 bits per heavy atom. The van der Waals surface area contributed by atoms with Gasteiger partial charge in [0.25, 0.3) is 0 Å². The first kappa shape index (κ1) is 10.5. The van der Waals surface area contributed by atoms with Gasteiger partial charge in [-0.15, -0.1) is 0 Å². The maximum Gasteiger partial charge on any atom is 0.0695 e. The summed E-state index contributed by atoms with van der Waals surface area (Å²) in [6.07, 6.45) is 6.88. The molecule has 1 aliphatic rings. The lowest BCUT2D eigenvalue weighted by Crippen LogP contribution is -2.03. The second kappa shape index (κ2) is 4.34. The van der Waals surface area contributed by atoms with Crippen LogP contribution in [0, 0.1) is 0 Å². The molecular weight excluding hydrogens is 210 g/mol. The van der Waals surface area contributed by atoms with Crippen molar-refractivity contribution in [1.29, 1.82) is 0 Å². The highest BCUT2D eigenvalue weighted by Crippen LogP contribution is 2.27. The van der Waals surface area contributed by atoms with Crippen molar-refractivity contribution in [2.75, 3.05) is 0 Å².